The van der Waals surface area contributed by atoms with Crippen molar-refractivity contribution in [2.24, 2.45) is 0 Å². The molecule has 0 saturated carbocycles. The molecule has 0 aliphatic carbocycles. The van der Waals surface area contributed by atoms with Crippen molar-refractivity contribution in [3.05, 3.63) is 60.1 Å². The van der Waals surface area contributed by atoms with Crippen LogP contribution in [-0.4, -0.2) is 19.1 Å². The molecule has 0 atom stereocenters. The molecule has 0 aliphatic heterocycles. The van der Waals surface area contributed by atoms with Crippen LogP contribution in [0.3, 0.4) is 0 Å². The Balaban J connectivity index is 2.33. The highest BCUT2D eigenvalue weighted by Crippen LogP contribution is 2.34. The number of aromatic nitrogens is 1. The maximum absolute atomic E-state index is 14.2. The number of hydrogen-bond acceptors (Lipinski definition) is 4. The normalized spacial score (nSPS) is 10.3. The van der Waals surface area contributed by atoms with E-state index >= 15 is 0 Å². The lowest BCUT2D eigenvalue weighted by molar-refractivity contribution is 0.580. The Bertz CT molecular complexity index is 880. The van der Waals surface area contributed by atoms with Crippen LogP contribution in [0.5, 0.6) is 0 Å². The minimum atomic E-state index is -0.384. The average molecular weight is 307 g/mol. The lowest BCUT2D eigenvalue weighted by Gasteiger charge is -2.17. The standard InChI is InChI=1S/C18H14FN3O/c1-22(2)18-14(11-20)13(12-6-3-4-7-15(12)19)10-16(21-18)17-8-5-9-23-17/h3-10H,1-2H3. The summed E-state index contributed by atoms with van der Waals surface area (Å²) in [6.45, 7) is 0. The number of pyridine rings is 1. The minimum Gasteiger partial charge on any atom is -0.463 e. The summed E-state index contributed by atoms with van der Waals surface area (Å²) in [6.07, 6.45) is 1.55. The van der Waals surface area contributed by atoms with Gasteiger partial charge < -0.3 is 9.32 Å². The molecule has 0 fully saturated rings. The molecule has 0 radical (unpaired) electrons. The molecular formula is C18H14FN3O. The Labute approximate surface area is 133 Å². The summed E-state index contributed by atoms with van der Waals surface area (Å²) in [5.41, 5.74) is 1.74. The molecule has 3 aromatic rings. The molecule has 1 aromatic carbocycles. The van der Waals surface area contributed by atoms with Crippen molar-refractivity contribution < 1.29 is 8.81 Å². The number of furan rings is 1. The highest BCUT2D eigenvalue weighted by Gasteiger charge is 2.19. The molecule has 23 heavy (non-hydrogen) atoms. The summed E-state index contributed by atoms with van der Waals surface area (Å²) in [4.78, 5) is 6.22. The fraction of sp³-hybridized carbons (Fsp3) is 0.111. The maximum Gasteiger partial charge on any atom is 0.152 e. The first-order valence-corrected chi connectivity index (χ1v) is 7.03. The van der Waals surface area contributed by atoms with E-state index in [0.29, 0.717) is 34.0 Å². The molecule has 4 nitrogen and oxygen atoms in total. The van der Waals surface area contributed by atoms with Gasteiger partial charge in [-0.15, -0.1) is 0 Å². The summed E-state index contributed by atoms with van der Waals surface area (Å²) in [5, 5.41) is 9.56. The van der Waals surface area contributed by atoms with E-state index in [4.69, 9.17) is 4.42 Å². The van der Waals surface area contributed by atoms with Crippen molar-refractivity contribution in [3.63, 3.8) is 0 Å². The number of halogens is 1. The van der Waals surface area contributed by atoms with E-state index in [9.17, 15) is 9.65 Å². The topological polar surface area (TPSA) is 53.1 Å². The molecule has 0 amide bonds. The van der Waals surface area contributed by atoms with Gasteiger partial charge in [-0.2, -0.15) is 5.26 Å². The van der Waals surface area contributed by atoms with Crippen LogP contribution in [0.1, 0.15) is 5.56 Å². The van der Waals surface area contributed by atoms with Crippen molar-refractivity contribution in [1.82, 2.24) is 4.98 Å². The Kier molecular flexibility index (Phi) is 3.82. The van der Waals surface area contributed by atoms with Gasteiger partial charge in [-0.25, -0.2) is 9.37 Å². The highest BCUT2D eigenvalue weighted by molar-refractivity contribution is 5.80. The Morgan fingerprint density at radius 1 is 1.13 bits per heavy atom. The second-order valence-electron chi connectivity index (χ2n) is 5.22. The van der Waals surface area contributed by atoms with Crippen LogP contribution in [0.15, 0.2) is 53.1 Å². The van der Waals surface area contributed by atoms with Crippen LogP contribution in [0, 0.1) is 17.1 Å². The summed E-state index contributed by atoms with van der Waals surface area (Å²) in [7, 11) is 3.58. The van der Waals surface area contributed by atoms with E-state index in [-0.39, 0.29) is 5.82 Å². The zero-order valence-electron chi connectivity index (χ0n) is 12.7. The summed E-state index contributed by atoms with van der Waals surface area (Å²) < 4.78 is 19.6. The average Bonchev–Trinajstić information content (AvgIpc) is 3.08. The van der Waals surface area contributed by atoms with E-state index in [1.165, 1.54) is 6.07 Å². The Morgan fingerprint density at radius 3 is 2.52 bits per heavy atom. The number of hydrogen-bond donors (Lipinski definition) is 0. The SMILES string of the molecule is CN(C)c1nc(-c2ccco2)cc(-c2ccccc2F)c1C#N. The van der Waals surface area contributed by atoms with E-state index in [1.807, 2.05) is 0 Å². The third-order valence-corrected chi connectivity index (χ3v) is 3.47. The predicted octanol–water partition coefficient (Wildman–Crippen LogP) is 4.09. The zero-order valence-corrected chi connectivity index (χ0v) is 12.7. The van der Waals surface area contributed by atoms with Crippen LogP contribution in [0.4, 0.5) is 10.2 Å². The van der Waals surface area contributed by atoms with Gasteiger partial charge in [0, 0.05) is 25.2 Å². The molecule has 2 heterocycles. The first-order chi connectivity index (χ1) is 11.1. The van der Waals surface area contributed by atoms with Gasteiger partial charge in [0.1, 0.15) is 29.0 Å². The van der Waals surface area contributed by atoms with Crippen LogP contribution < -0.4 is 4.90 Å². The fourth-order valence-corrected chi connectivity index (χ4v) is 2.41. The van der Waals surface area contributed by atoms with Crippen molar-refractivity contribution in [3.8, 4) is 28.7 Å². The zero-order chi connectivity index (χ0) is 16.4. The molecule has 0 aliphatic rings. The van der Waals surface area contributed by atoms with Gasteiger partial charge in [-0.3, -0.25) is 0 Å². The van der Waals surface area contributed by atoms with E-state index in [2.05, 4.69) is 11.1 Å². The second kappa shape index (κ2) is 5.93. The second-order valence-corrected chi connectivity index (χ2v) is 5.22. The molecule has 0 bridgehead atoms. The third kappa shape index (κ3) is 2.67. The maximum atomic E-state index is 14.2. The van der Waals surface area contributed by atoms with Crippen LogP contribution in [0.25, 0.3) is 22.6 Å². The molecule has 2 aromatic heterocycles. The van der Waals surface area contributed by atoms with Crippen LogP contribution >= 0.6 is 0 Å². The third-order valence-electron chi connectivity index (χ3n) is 3.47. The van der Waals surface area contributed by atoms with Gasteiger partial charge >= 0.3 is 0 Å². The molecule has 0 unspecified atom stereocenters. The van der Waals surface area contributed by atoms with Gasteiger partial charge in [-0.1, -0.05) is 18.2 Å². The fourth-order valence-electron chi connectivity index (χ4n) is 2.41. The number of anilines is 1. The van der Waals surface area contributed by atoms with Crippen molar-refractivity contribution in [1.29, 1.82) is 5.26 Å². The summed E-state index contributed by atoms with van der Waals surface area (Å²) >= 11 is 0. The number of nitriles is 1. The van der Waals surface area contributed by atoms with Gasteiger partial charge in [-0.05, 0) is 24.3 Å². The minimum absolute atomic E-state index is 0.329. The summed E-state index contributed by atoms with van der Waals surface area (Å²) in [5.74, 6) is 0.653. The first kappa shape index (κ1) is 14.8. The highest BCUT2D eigenvalue weighted by atomic mass is 19.1. The number of nitrogens with zero attached hydrogens (tertiary/aromatic N) is 3. The quantitative estimate of drug-likeness (QED) is 0.731. The Morgan fingerprint density at radius 2 is 1.91 bits per heavy atom. The smallest absolute Gasteiger partial charge is 0.152 e. The van der Waals surface area contributed by atoms with Crippen LogP contribution in [0.2, 0.25) is 0 Å². The van der Waals surface area contributed by atoms with Gasteiger partial charge in [0.15, 0.2) is 5.76 Å². The van der Waals surface area contributed by atoms with Gasteiger partial charge in [0.25, 0.3) is 0 Å². The van der Waals surface area contributed by atoms with Gasteiger partial charge in [0.2, 0.25) is 0 Å². The molecule has 3 rings (SSSR count). The summed E-state index contributed by atoms with van der Waals surface area (Å²) in [6, 6.07) is 13.7. The molecule has 5 heteroatoms. The molecular weight excluding hydrogens is 293 g/mol. The van der Waals surface area contributed by atoms with E-state index < -0.39 is 0 Å². The predicted molar refractivity (Wildman–Crippen MR) is 86.4 cm³/mol. The van der Waals surface area contributed by atoms with Crippen molar-refractivity contribution in [2.45, 2.75) is 0 Å². The first-order valence-electron chi connectivity index (χ1n) is 7.03. The van der Waals surface area contributed by atoms with Crippen LogP contribution in [-0.2, 0) is 0 Å². The monoisotopic (exact) mass is 307 g/mol. The lowest BCUT2D eigenvalue weighted by Crippen LogP contribution is -2.13. The molecule has 0 N–H and O–H groups in total. The largest absolute Gasteiger partial charge is 0.463 e. The number of benzene rings is 1. The van der Waals surface area contributed by atoms with Crippen molar-refractivity contribution >= 4 is 5.82 Å². The van der Waals surface area contributed by atoms with E-state index in [0.717, 1.165) is 0 Å². The van der Waals surface area contributed by atoms with E-state index in [1.54, 1.807) is 61.7 Å². The van der Waals surface area contributed by atoms with Crippen molar-refractivity contribution in [2.75, 3.05) is 19.0 Å². The Hall–Kier alpha value is -3.13. The lowest BCUT2D eigenvalue weighted by atomic mass is 9.99. The van der Waals surface area contributed by atoms with Gasteiger partial charge in [0.05, 0.1) is 6.26 Å². The molecule has 114 valence electrons. The molecule has 0 spiro atoms. The molecule has 0 saturated heterocycles. The number of rotatable bonds is 3.